The van der Waals surface area contributed by atoms with E-state index in [0.717, 1.165) is 44.9 Å². The Balaban J connectivity index is 1.62. The van der Waals surface area contributed by atoms with E-state index in [1.54, 1.807) is 6.08 Å². The number of carbonyl (C=O) groups excluding carboxylic acids is 1. The van der Waals surface area contributed by atoms with Crippen LogP contribution in [0.3, 0.4) is 0 Å². The Morgan fingerprint density at radius 3 is 1.03 bits per heavy atom. The molecular weight excluding hydrogens is 1120 g/mol. The summed E-state index contributed by atoms with van der Waals surface area (Å²) >= 11 is 0. The lowest BCUT2D eigenvalue weighted by atomic mass is 9.97. The summed E-state index contributed by atoms with van der Waals surface area (Å²) in [5.41, 5.74) is 0. The van der Waals surface area contributed by atoms with E-state index in [-0.39, 0.29) is 18.9 Å². The van der Waals surface area contributed by atoms with E-state index >= 15 is 0 Å². The number of rotatable bonds is 65. The normalized spacial score (nSPS) is 23.0. The van der Waals surface area contributed by atoms with Crippen LogP contribution < -0.4 is 5.32 Å². The molecule has 1 amide bonds. The van der Waals surface area contributed by atoms with Gasteiger partial charge in [-0.05, 0) is 19.3 Å². The summed E-state index contributed by atoms with van der Waals surface area (Å²) in [5, 5.41) is 87.6. The minimum absolute atomic E-state index is 0.230. The molecule has 14 heteroatoms. The van der Waals surface area contributed by atoms with Crippen LogP contribution in [0, 0.1) is 0 Å². The largest absolute Gasteiger partial charge is 0.394 e. The Hall–Kier alpha value is -1.27. The second-order valence-electron chi connectivity index (χ2n) is 27.5. The maximum Gasteiger partial charge on any atom is 0.220 e. The molecule has 0 saturated carbocycles. The SMILES string of the molecule is CCCCCCCCCCCCCCCCCCCCCCCCCCCCCCCCC/C=C/C(O)C(COC1OC(CO)C(OC2OC(CO)C(O)C(O)C2O)C(O)C1O)NC(=O)CCCCCCCCCCCCCCCCCCCCCCCC. The fraction of sp³-hybridized carbons (Fsp3) is 0.960. The van der Waals surface area contributed by atoms with Gasteiger partial charge in [0, 0.05) is 6.42 Å². The first-order valence-corrected chi connectivity index (χ1v) is 38.4. The highest BCUT2D eigenvalue weighted by Gasteiger charge is 2.51. The first kappa shape index (κ1) is 83.8. The van der Waals surface area contributed by atoms with Gasteiger partial charge in [0.25, 0.3) is 0 Å². The number of amides is 1. The molecule has 2 saturated heterocycles. The first-order valence-electron chi connectivity index (χ1n) is 38.4. The number of hydrogen-bond donors (Lipinski definition) is 9. The number of aliphatic hydroxyl groups is 8. The summed E-state index contributed by atoms with van der Waals surface area (Å²) in [7, 11) is 0. The Kier molecular flexibility index (Phi) is 56.9. The lowest BCUT2D eigenvalue weighted by molar-refractivity contribution is -0.359. The lowest BCUT2D eigenvalue weighted by Crippen LogP contribution is -2.65. The van der Waals surface area contributed by atoms with Crippen LogP contribution in [-0.4, -0.2) is 140 Å². The van der Waals surface area contributed by atoms with Crippen molar-refractivity contribution in [1.29, 1.82) is 0 Å². The van der Waals surface area contributed by atoms with Gasteiger partial charge in [0.05, 0.1) is 32.0 Å². The average molecular weight is 1270 g/mol. The van der Waals surface area contributed by atoms with Gasteiger partial charge in [-0.25, -0.2) is 0 Å². The maximum absolute atomic E-state index is 13.3. The highest BCUT2D eigenvalue weighted by atomic mass is 16.7. The quantitative estimate of drug-likeness (QED) is 0.0204. The number of aliphatic hydroxyl groups excluding tert-OH is 8. The van der Waals surface area contributed by atoms with Crippen LogP contribution in [0.25, 0.3) is 0 Å². The third-order valence-corrected chi connectivity index (χ3v) is 19.2. The highest BCUT2D eigenvalue weighted by molar-refractivity contribution is 5.76. The second-order valence-corrected chi connectivity index (χ2v) is 27.5. The Morgan fingerprint density at radius 2 is 0.697 bits per heavy atom. The van der Waals surface area contributed by atoms with Crippen molar-refractivity contribution >= 4 is 5.91 Å². The average Bonchev–Trinajstić information content (AvgIpc) is 1.63. The van der Waals surface area contributed by atoms with Crippen LogP contribution in [0.15, 0.2) is 12.2 Å². The van der Waals surface area contributed by atoms with Gasteiger partial charge in [-0.15, -0.1) is 0 Å². The molecular formula is C75H145NO13. The van der Waals surface area contributed by atoms with E-state index in [9.17, 15) is 45.6 Å². The summed E-state index contributed by atoms with van der Waals surface area (Å²) < 4.78 is 22.9. The molecule has 0 aromatic rings. The lowest BCUT2D eigenvalue weighted by Gasteiger charge is -2.46. The molecule has 2 rings (SSSR count). The van der Waals surface area contributed by atoms with Gasteiger partial charge < -0.3 is 65.1 Å². The van der Waals surface area contributed by atoms with Gasteiger partial charge >= 0.3 is 0 Å². The van der Waals surface area contributed by atoms with Crippen molar-refractivity contribution in [2.45, 2.75) is 441 Å². The van der Waals surface area contributed by atoms with Crippen molar-refractivity contribution in [2.24, 2.45) is 0 Å². The molecule has 0 bridgehead atoms. The van der Waals surface area contributed by atoms with Crippen molar-refractivity contribution in [1.82, 2.24) is 5.32 Å². The van der Waals surface area contributed by atoms with Crippen LogP contribution in [0.2, 0.25) is 0 Å². The standard InChI is InChI=1S/C75H145NO13/c1-3-5-7-9-11-13-15-17-19-21-23-25-27-28-29-30-31-32-33-34-35-36-37-38-40-42-44-46-48-50-52-54-56-58-64(79)63(62-86-74-72(85)70(83)73(66(61-78)88-74)89-75-71(84)69(82)68(81)65(60-77)87-75)76-67(80)59-57-55-53-51-49-47-45-43-41-39-26-24-22-20-18-16-14-12-10-8-6-4-2/h56,58,63-66,68-75,77-79,81-85H,3-55,57,59-62H2,1-2H3,(H,76,80)/b58-56+. The molecule has 0 spiro atoms. The van der Waals surface area contributed by atoms with Crippen molar-refractivity contribution in [3.63, 3.8) is 0 Å². The minimum Gasteiger partial charge on any atom is -0.394 e. The fourth-order valence-electron chi connectivity index (χ4n) is 13.1. The number of ether oxygens (including phenoxy) is 4. The van der Waals surface area contributed by atoms with Gasteiger partial charge in [-0.1, -0.05) is 353 Å². The smallest absolute Gasteiger partial charge is 0.220 e. The molecule has 2 heterocycles. The molecule has 12 unspecified atom stereocenters. The number of unbranched alkanes of at least 4 members (excludes halogenated alkanes) is 52. The van der Waals surface area contributed by atoms with Crippen molar-refractivity contribution in [3.05, 3.63) is 12.2 Å². The zero-order chi connectivity index (χ0) is 64.5. The minimum atomic E-state index is -1.79. The number of nitrogens with one attached hydrogen (secondary N) is 1. The van der Waals surface area contributed by atoms with Crippen molar-refractivity contribution < 1.29 is 64.6 Å². The van der Waals surface area contributed by atoms with Gasteiger partial charge in [0.1, 0.15) is 48.8 Å². The first-order chi connectivity index (χ1) is 43.6. The van der Waals surface area contributed by atoms with E-state index in [1.165, 1.54) is 302 Å². The van der Waals surface area contributed by atoms with Crippen LogP contribution in [0.1, 0.15) is 367 Å². The van der Waals surface area contributed by atoms with Crippen molar-refractivity contribution in [2.75, 3.05) is 19.8 Å². The van der Waals surface area contributed by atoms with Gasteiger partial charge in [-0.2, -0.15) is 0 Å². The van der Waals surface area contributed by atoms with Gasteiger partial charge in [0.15, 0.2) is 12.6 Å². The molecule has 12 atom stereocenters. The molecule has 9 N–H and O–H groups in total. The molecule has 0 aromatic heterocycles. The zero-order valence-corrected chi connectivity index (χ0v) is 57.7. The summed E-state index contributed by atoms with van der Waals surface area (Å²) in [6, 6.07) is -0.912. The zero-order valence-electron chi connectivity index (χ0n) is 57.7. The third kappa shape index (κ3) is 44.2. The molecule has 0 aromatic carbocycles. The number of allylic oxidation sites excluding steroid dienone is 1. The molecule has 14 nitrogen and oxygen atoms in total. The molecule has 0 radical (unpaired) electrons. The third-order valence-electron chi connectivity index (χ3n) is 19.2. The van der Waals surface area contributed by atoms with E-state index in [2.05, 4.69) is 19.2 Å². The molecule has 528 valence electrons. The predicted octanol–water partition coefficient (Wildman–Crippen LogP) is 16.5. The summed E-state index contributed by atoms with van der Waals surface area (Å²) in [4.78, 5) is 13.3. The van der Waals surface area contributed by atoms with Gasteiger partial charge in [0.2, 0.25) is 5.91 Å². The van der Waals surface area contributed by atoms with E-state index in [0.29, 0.717) is 0 Å². The summed E-state index contributed by atoms with van der Waals surface area (Å²) in [5.74, 6) is -0.230. The van der Waals surface area contributed by atoms with Crippen LogP contribution >= 0.6 is 0 Å². The monoisotopic (exact) mass is 1270 g/mol. The van der Waals surface area contributed by atoms with Crippen LogP contribution in [0.5, 0.6) is 0 Å². The number of carbonyl (C=O) groups is 1. The molecule has 89 heavy (non-hydrogen) atoms. The summed E-state index contributed by atoms with van der Waals surface area (Å²) in [6.07, 6.45) is 58.6. The molecule has 2 aliphatic heterocycles. The molecule has 0 aliphatic carbocycles. The fourth-order valence-corrected chi connectivity index (χ4v) is 13.1. The van der Waals surface area contributed by atoms with E-state index in [1.807, 2.05) is 6.08 Å². The van der Waals surface area contributed by atoms with Crippen molar-refractivity contribution in [3.8, 4) is 0 Å². The van der Waals surface area contributed by atoms with Gasteiger partial charge in [-0.3, -0.25) is 4.79 Å². The maximum atomic E-state index is 13.3. The van der Waals surface area contributed by atoms with E-state index < -0.39 is 86.8 Å². The number of hydrogen-bond acceptors (Lipinski definition) is 13. The van der Waals surface area contributed by atoms with E-state index in [4.69, 9.17) is 18.9 Å². The Bertz CT molecular complexity index is 1540. The predicted molar refractivity (Wildman–Crippen MR) is 365 cm³/mol. The molecule has 2 fully saturated rings. The Morgan fingerprint density at radius 1 is 0.393 bits per heavy atom. The topological polar surface area (TPSA) is 228 Å². The second kappa shape index (κ2) is 60.4. The summed E-state index contributed by atoms with van der Waals surface area (Å²) in [6.45, 7) is 2.87. The Labute approximate surface area is 546 Å². The molecule has 2 aliphatic rings. The van der Waals surface area contributed by atoms with Crippen LogP contribution in [-0.2, 0) is 23.7 Å². The highest BCUT2D eigenvalue weighted by Crippen LogP contribution is 2.30. The van der Waals surface area contributed by atoms with Crippen LogP contribution in [0.4, 0.5) is 0 Å².